The van der Waals surface area contributed by atoms with Gasteiger partial charge in [0.25, 0.3) is 5.91 Å². The number of hydrogen-bond donors (Lipinski definition) is 2. The molecule has 1 aromatic heterocycles. The van der Waals surface area contributed by atoms with Gasteiger partial charge in [-0.15, -0.1) is 0 Å². The molecule has 0 aliphatic carbocycles. The minimum atomic E-state index is -0.446. The van der Waals surface area contributed by atoms with Gasteiger partial charge in [-0.25, -0.2) is 4.98 Å². The van der Waals surface area contributed by atoms with Gasteiger partial charge in [0, 0.05) is 5.56 Å². The summed E-state index contributed by atoms with van der Waals surface area (Å²) in [5.41, 5.74) is 2.28. The number of nitrogens with one attached hydrogen (secondary N) is 2. The molecule has 0 unspecified atom stereocenters. The number of benzene rings is 3. The number of anilines is 1. The van der Waals surface area contributed by atoms with Crippen molar-refractivity contribution in [1.29, 1.82) is 0 Å². The molecule has 1 atom stereocenters. The third-order valence-electron chi connectivity index (χ3n) is 4.47. The molecular formula is C23H19N3O2S. The Kier molecular flexibility index (Phi) is 5.63. The van der Waals surface area contributed by atoms with Crippen LogP contribution >= 0.6 is 11.3 Å². The molecule has 0 bridgehead atoms. The normalized spacial score (nSPS) is 11.7. The summed E-state index contributed by atoms with van der Waals surface area (Å²) in [6.07, 6.45) is 0.110. The number of amides is 2. The van der Waals surface area contributed by atoms with E-state index in [4.69, 9.17) is 0 Å². The van der Waals surface area contributed by atoms with E-state index in [0.717, 1.165) is 15.8 Å². The number of carbonyl (C=O) groups excluding carboxylic acids is 2. The van der Waals surface area contributed by atoms with E-state index in [2.05, 4.69) is 15.6 Å². The molecule has 0 fully saturated rings. The van der Waals surface area contributed by atoms with Crippen LogP contribution in [0.5, 0.6) is 0 Å². The van der Waals surface area contributed by atoms with Gasteiger partial charge in [-0.2, -0.15) is 0 Å². The second kappa shape index (κ2) is 8.67. The second-order valence-corrected chi connectivity index (χ2v) is 7.57. The first kappa shape index (κ1) is 18.8. The van der Waals surface area contributed by atoms with Gasteiger partial charge in [-0.05, 0) is 29.8 Å². The molecular weight excluding hydrogens is 382 g/mol. The van der Waals surface area contributed by atoms with Gasteiger partial charge in [0.05, 0.1) is 22.7 Å². The van der Waals surface area contributed by atoms with Crippen molar-refractivity contribution in [1.82, 2.24) is 10.3 Å². The molecule has 144 valence electrons. The standard InChI is InChI=1S/C23H19N3O2S/c27-21(26-23-25-18-13-7-8-14-20(18)29-23)15-19(16-9-3-1-4-10-16)24-22(28)17-11-5-2-6-12-17/h1-14,19H,15H2,(H,24,28)(H,25,26,27)/t19-/m1/s1. The molecule has 0 aliphatic heterocycles. The highest BCUT2D eigenvalue weighted by Gasteiger charge is 2.20. The van der Waals surface area contributed by atoms with Crippen LogP contribution in [0.1, 0.15) is 28.4 Å². The number of hydrogen-bond acceptors (Lipinski definition) is 4. The molecule has 29 heavy (non-hydrogen) atoms. The van der Waals surface area contributed by atoms with Crippen LogP contribution in [-0.4, -0.2) is 16.8 Å². The van der Waals surface area contributed by atoms with Crippen LogP contribution in [-0.2, 0) is 4.79 Å². The van der Waals surface area contributed by atoms with E-state index < -0.39 is 6.04 Å². The fourth-order valence-corrected chi connectivity index (χ4v) is 3.93. The van der Waals surface area contributed by atoms with E-state index in [0.29, 0.717) is 10.7 Å². The molecule has 5 nitrogen and oxygen atoms in total. The summed E-state index contributed by atoms with van der Waals surface area (Å²) in [7, 11) is 0. The monoisotopic (exact) mass is 401 g/mol. The Morgan fingerprint density at radius 2 is 1.52 bits per heavy atom. The Morgan fingerprint density at radius 1 is 0.862 bits per heavy atom. The van der Waals surface area contributed by atoms with Crippen LogP contribution < -0.4 is 10.6 Å². The van der Waals surface area contributed by atoms with Gasteiger partial charge < -0.3 is 10.6 Å². The van der Waals surface area contributed by atoms with E-state index in [1.165, 1.54) is 11.3 Å². The molecule has 0 radical (unpaired) electrons. The minimum Gasteiger partial charge on any atom is -0.345 e. The van der Waals surface area contributed by atoms with Gasteiger partial charge in [-0.3, -0.25) is 9.59 Å². The second-order valence-electron chi connectivity index (χ2n) is 6.54. The number of aromatic nitrogens is 1. The zero-order valence-corrected chi connectivity index (χ0v) is 16.4. The molecule has 2 amide bonds. The summed E-state index contributed by atoms with van der Waals surface area (Å²) in [5.74, 6) is -0.418. The number of para-hydroxylation sites is 1. The summed E-state index contributed by atoms with van der Waals surface area (Å²) >= 11 is 1.43. The lowest BCUT2D eigenvalue weighted by molar-refractivity contribution is -0.116. The van der Waals surface area contributed by atoms with Gasteiger partial charge in [0.2, 0.25) is 5.91 Å². The summed E-state index contributed by atoms with van der Waals surface area (Å²) in [5, 5.41) is 6.39. The van der Waals surface area contributed by atoms with E-state index in [1.807, 2.05) is 72.8 Å². The Balaban J connectivity index is 1.50. The van der Waals surface area contributed by atoms with Crippen molar-refractivity contribution >= 4 is 38.5 Å². The number of carbonyl (C=O) groups is 2. The topological polar surface area (TPSA) is 71.1 Å². The van der Waals surface area contributed by atoms with Gasteiger partial charge in [-0.1, -0.05) is 72.0 Å². The van der Waals surface area contributed by atoms with Crippen molar-refractivity contribution in [2.24, 2.45) is 0 Å². The molecule has 4 rings (SSSR count). The molecule has 2 N–H and O–H groups in total. The Bertz CT molecular complexity index is 1090. The van der Waals surface area contributed by atoms with Crippen LogP contribution in [0.3, 0.4) is 0 Å². The smallest absolute Gasteiger partial charge is 0.251 e. The molecule has 0 saturated heterocycles. The lowest BCUT2D eigenvalue weighted by atomic mass is 10.0. The van der Waals surface area contributed by atoms with E-state index in [1.54, 1.807) is 12.1 Å². The maximum absolute atomic E-state index is 12.7. The fourth-order valence-electron chi connectivity index (χ4n) is 3.05. The predicted octanol–water partition coefficient (Wildman–Crippen LogP) is 4.80. The number of rotatable bonds is 6. The zero-order valence-electron chi connectivity index (χ0n) is 15.5. The highest BCUT2D eigenvalue weighted by Crippen LogP contribution is 2.26. The third kappa shape index (κ3) is 4.67. The Hall–Kier alpha value is -3.51. The molecule has 0 spiro atoms. The average Bonchev–Trinajstić information content (AvgIpc) is 3.16. The first-order valence-corrected chi connectivity index (χ1v) is 10.1. The number of nitrogens with zero attached hydrogens (tertiary/aromatic N) is 1. The van der Waals surface area contributed by atoms with Crippen LogP contribution in [0.2, 0.25) is 0 Å². The van der Waals surface area contributed by atoms with E-state index >= 15 is 0 Å². The maximum Gasteiger partial charge on any atom is 0.251 e. The molecule has 6 heteroatoms. The molecule has 0 saturated carbocycles. The van der Waals surface area contributed by atoms with Crippen molar-refractivity contribution in [3.8, 4) is 0 Å². The van der Waals surface area contributed by atoms with E-state index in [-0.39, 0.29) is 18.2 Å². The van der Waals surface area contributed by atoms with Crippen molar-refractivity contribution in [2.45, 2.75) is 12.5 Å². The summed E-state index contributed by atoms with van der Waals surface area (Å²) < 4.78 is 1.01. The van der Waals surface area contributed by atoms with Crippen LogP contribution in [0.25, 0.3) is 10.2 Å². The predicted molar refractivity (Wildman–Crippen MR) is 116 cm³/mol. The van der Waals surface area contributed by atoms with Crippen LogP contribution in [0, 0.1) is 0 Å². The zero-order chi connectivity index (χ0) is 20.1. The van der Waals surface area contributed by atoms with E-state index in [9.17, 15) is 9.59 Å². The molecule has 0 aliphatic rings. The van der Waals surface area contributed by atoms with Crippen molar-refractivity contribution < 1.29 is 9.59 Å². The van der Waals surface area contributed by atoms with Crippen molar-refractivity contribution in [2.75, 3.05) is 5.32 Å². The quantitative estimate of drug-likeness (QED) is 0.488. The summed E-state index contributed by atoms with van der Waals surface area (Å²) in [6, 6.07) is 25.8. The Labute approximate surface area is 172 Å². The van der Waals surface area contributed by atoms with Gasteiger partial charge in [0.1, 0.15) is 0 Å². The average molecular weight is 401 g/mol. The number of thiazole rings is 1. The van der Waals surface area contributed by atoms with Crippen molar-refractivity contribution in [3.63, 3.8) is 0 Å². The van der Waals surface area contributed by atoms with Gasteiger partial charge >= 0.3 is 0 Å². The molecule has 4 aromatic rings. The first-order valence-electron chi connectivity index (χ1n) is 9.25. The van der Waals surface area contributed by atoms with Gasteiger partial charge in [0.15, 0.2) is 5.13 Å². The highest BCUT2D eigenvalue weighted by atomic mass is 32.1. The minimum absolute atomic E-state index is 0.110. The summed E-state index contributed by atoms with van der Waals surface area (Å²) in [4.78, 5) is 29.8. The lowest BCUT2D eigenvalue weighted by Gasteiger charge is -2.19. The highest BCUT2D eigenvalue weighted by molar-refractivity contribution is 7.22. The fraction of sp³-hybridized carbons (Fsp3) is 0.0870. The maximum atomic E-state index is 12.7. The van der Waals surface area contributed by atoms with Crippen LogP contribution in [0.4, 0.5) is 5.13 Å². The largest absolute Gasteiger partial charge is 0.345 e. The molecule has 3 aromatic carbocycles. The molecule has 1 heterocycles. The summed E-state index contributed by atoms with van der Waals surface area (Å²) in [6.45, 7) is 0. The third-order valence-corrected chi connectivity index (χ3v) is 5.42. The number of fused-ring (bicyclic) bond motifs is 1. The lowest BCUT2D eigenvalue weighted by Crippen LogP contribution is -2.31. The van der Waals surface area contributed by atoms with Crippen molar-refractivity contribution in [3.05, 3.63) is 96.1 Å². The Morgan fingerprint density at radius 3 is 2.24 bits per heavy atom. The SMILES string of the molecule is O=C(C[C@@H](NC(=O)c1ccccc1)c1ccccc1)Nc1nc2ccccc2s1. The van der Waals surface area contributed by atoms with Crippen LogP contribution in [0.15, 0.2) is 84.9 Å². The first-order chi connectivity index (χ1) is 14.2.